The first-order valence-electron chi connectivity index (χ1n) is 5.43. The number of hydrogen-bond acceptors (Lipinski definition) is 2. The average molecular weight is 203 g/mol. The molecule has 15 heavy (non-hydrogen) atoms. The second-order valence-corrected chi connectivity index (χ2v) is 3.75. The predicted octanol–water partition coefficient (Wildman–Crippen LogP) is 1.71. The van der Waals surface area contributed by atoms with Gasteiger partial charge in [0, 0.05) is 18.5 Å². The Labute approximate surface area is 89.9 Å². The summed E-state index contributed by atoms with van der Waals surface area (Å²) < 4.78 is 2.23. The normalized spacial score (nSPS) is 11.1. The number of nitrogens with two attached hydrogens (primary N) is 1. The van der Waals surface area contributed by atoms with Crippen molar-refractivity contribution in [2.45, 2.75) is 26.7 Å². The highest BCUT2D eigenvalue weighted by molar-refractivity contribution is 5.54. The van der Waals surface area contributed by atoms with Crippen molar-refractivity contribution >= 4 is 5.52 Å². The molecule has 0 spiro atoms. The van der Waals surface area contributed by atoms with Crippen LogP contribution in [-0.2, 0) is 12.8 Å². The van der Waals surface area contributed by atoms with E-state index < -0.39 is 0 Å². The summed E-state index contributed by atoms with van der Waals surface area (Å²) in [6.07, 6.45) is 1.81. The lowest BCUT2D eigenvalue weighted by atomic mass is 10.2. The molecule has 0 unspecified atom stereocenters. The van der Waals surface area contributed by atoms with Crippen molar-refractivity contribution in [3.8, 4) is 0 Å². The van der Waals surface area contributed by atoms with Gasteiger partial charge in [-0.25, -0.2) is 4.98 Å². The first-order valence-corrected chi connectivity index (χ1v) is 5.43. The monoisotopic (exact) mass is 203 g/mol. The van der Waals surface area contributed by atoms with Gasteiger partial charge in [0.2, 0.25) is 0 Å². The molecule has 0 saturated carbocycles. The summed E-state index contributed by atoms with van der Waals surface area (Å²) in [5.74, 6) is 1.13. The van der Waals surface area contributed by atoms with E-state index in [1.165, 1.54) is 11.2 Å². The molecule has 2 aromatic heterocycles. The van der Waals surface area contributed by atoms with Crippen LogP contribution < -0.4 is 5.73 Å². The molecule has 0 aliphatic rings. The molecular formula is C12H17N3. The van der Waals surface area contributed by atoms with E-state index in [1.54, 1.807) is 0 Å². The maximum atomic E-state index is 5.59. The van der Waals surface area contributed by atoms with Gasteiger partial charge in [0.25, 0.3) is 0 Å². The van der Waals surface area contributed by atoms with E-state index in [-0.39, 0.29) is 0 Å². The number of hydrogen-bond donors (Lipinski definition) is 1. The fourth-order valence-electron chi connectivity index (χ4n) is 2.01. The van der Waals surface area contributed by atoms with Crippen LogP contribution in [0.2, 0.25) is 0 Å². The standard InChI is InChI=1S/C12H17N3/c1-3-12-14-10(7-8-13)11-6-4-5-9(2)15(11)12/h4-6H,3,7-8,13H2,1-2H3. The molecule has 2 aromatic rings. The third kappa shape index (κ3) is 1.63. The second-order valence-electron chi connectivity index (χ2n) is 3.75. The largest absolute Gasteiger partial charge is 0.330 e. The highest BCUT2D eigenvalue weighted by atomic mass is 15.0. The van der Waals surface area contributed by atoms with E-state index >= 15 is 0 Å². The molecule has 0 bridgehead atoms. The summed E-state index contributed by atoms with van der Waals surface area (Å²) in [5.41, 5.74) is 9.16. The van der Waals surface area contributed by atoms with Crippen LogP contribution in [0.3, 0.4) is 0 Å². The first kappa shape index (κ1) is 10.2. The van der Waals surface area contributed by atoms with Gasteiger partial charge in [-0.2, -0.15) is 0 Å². The van der Waals surface area contributed by atoms with Crippen molar-refractivity contribution in [2.24, 2.45) is 5.73 Å². The van der Waals surface area contributed by atoms with E-state index in [4.69, 9.17) is 5.73 Å². The Hall–Kier alpha value is -1.35. The van der Waals surface area contributed by atoms with Crippen molar-refractivity contribution in [1.29, 1.82) is 0 Å². The Kier molecular flexibility index (Phi) is 2.73. The number of rotatable bonds is 3. The van der Waals surface area contributed by atoms with Gasteiger partial charge >= 0.3 is 0 Å². The van der Waals surface area contributed by atoms with Gasteiger partial charge in [0.05, 0.1) is 11.2 Å². The Morgan fingerprint density at radius 2 is 2.20 bits per heavy atom. The van der Waals surface area contributed by atoms with Crippen LogP contribution in [0.25, 0.3) is 5.52 Å². The summed E-state index contributed by atoms with van der Waals surface area (Å²) in [6, 6.07) is 6.30. The van der Waals surface area contributed by atoms with Crippen LogP contribution >= 0.6 is 0 Å². The second kappa shape index (κ2) is 4.03. The minimum absolute atomic E-state index is 0.657. The molecule has 0 saturated heterocycles. The van der Waals surface area contributed by atoms with Gasteiger partial charge in [0.15, 0.2) is 0 Å². The zero-order valence-corrected chi connectivity index (χ0v) is 9.33. The van der Waals surface area contributed by atoms with Crippen LogP contribution in [0.1, 0.15) is 24.1 Å². The smallest absolute Gasteiger partial charge is 0.113 e. The minimum atomic E-state index is 0.657. The maximum absolute atomic E-state index is 5.59. The highest BCUT2D eigenvalue weighted by Crippen LogP contribution is 2.16. The lowest BCUT2D eigenvalue weighted by Crippen LogP contribution is -2.03. The molecule has 0 aliphatic carbocycles. The molecule has 0 aliphatic heterocycles. The Morgan fingerprint density at radius 1 is 1.40 bits per heavy atom. The first-order chi connectivity index (χ1) is 7.27. The van der Waals surface area contributed by atoms with Crippen LogP contribution in [-0.4, -0.2) is 15.9 Å². The van der Waals surface area contributed by atoms with Crippen LogP contribution in [0.4, 0.5) is 0 Å². The SMILES string of the molecule is CCc1nc(CCN)c2cccc(C)n12. The summed E-state index contributed by atoms with van der Waals surface area (Å²) in [5, 5.41) is 0. The van der Waals surface area contributed by atoms with E-state index in [9.17, 15) is 0 Å². The maximum Gasteiger partial charge on any atom is 0.113 e. The molecule has 2 heterocycles. The number of fused-ring (bicyclic) bond motifs is 1. The zero-order valence-electron chi connectivity index (χ0n) is 9.33. The van der Waals surface area contributed by atoms with E-state index in [2.05, 4.69) is 41.4 Å². The van der Waals surface area contributed by atoms with Crippen LogP contribution in [0, 0.1) is 6.92 Å². The van der Waals surface area contributed by atoms with Crippen LogP contribution in [0.15, 0.2) is 18.2 Å². The summed E-state index contributed by atoms with van der Waals surface area (Å²) >= 11 is 0. The van der Waals surface area contributed by atoms with Gasteiger partial charge in [-0.15, -0.1) is 0 Å². The van der Waals surface area contributed by atoms with E-state index in [0.717, 1.165) is 24.4 Å². The lowest BCUT2D eigenvalue weighted by molar-refractivity contribution is 0.888. The molecule has 3 nitrogen and oxygen atoms in total. The highest BCUT2D eigenvalue weighted by Gasteiger charge is 2.09. The molecule has 0 fully saturated rings. The third-order valence-electron chi connectivity index (χ3n) is 2.70. The fourth-order valence-corrected chi connectivity index (χ4v) is 2.01. The third-order valence-corrected chi connectivity index (χ3v) is 2.70. The summed E-state index contributed by atoms with van der Waals surface area (Å²) in [6.45, 7) is 4.90. The Balaban J connectivity index is 2.69. The minimum Gasteiger partial charge on any atom is -0.330 e. The number of pyridine rings is 1. The Morgan fingerprint density at radius 3 is 2.87 bits per heavy atom. The van der Waals surface area contributed by atoms with Gasteiger partial charge < -0.3 is 10.1 Å². The molecule has 2 N–H and O–H groups in total. The topological polar surface area (TPSA) is 43.3 Å². The van der Waals surface area contributed by atoms with E-state index in [0.29, 0.717) is 6.54 Å². The van der Waals surface area contributed by atoms with Gasteiger partial charge in [0.1, 0.15) is 5.82 Å². The number of imidazole rings is 1. The predicted molar refractivity (Wildman–Crippen MR) is 62.1 cm³/mol. The molecule has 0 aromatic carbocycles. The van der Waals surface area contributed by atoms with Gasteiger partial charge in [-0.3, -0.25) is 0 Å². The molecule has 0 amide bonds. The van der Waals surface area contributed by atoms with Crippen LogP contribution in [0.5, 0.6) is 0 Å². The molecular weight excluding hydrogens is 186 g/mol. The Bertz CT molecular complexity index is 471. The van der Waals surface area contributed by atoms with E-state index in [1.807, 2.05) is 0 Å². The lowest BCUT2D eigenvalue weighted by Gasteiger charge is -2.02. The van der Waals surface area contributed by atoms with Gasteiger partial charge in [-0.1, -0.05) is 13.0 Å². The van der Waals surface area contributed by atoms with Crippen molar-refractivity contribution < 1.29 is 0 Å². The summed E-state index contributed by atoms with van der Waals surface area (Å²) in [7, 11) is 0. The van der Waals surface area contributed by atoms with Crippen molar-refractivity contribution in [1.82, 2.24) is 9.38 Å². The number of nitrogens with zero attached hydrogens (tertiary/aromatic N) is 2. The molecule has 0 atom stereocenters. The summed E-state index contributed by atoms with van der Waals surface area (Å²) in [4.78, 5) is 4.64. The quantitative estimate of drug-likeness (QED) is 0.825. The zero-order chi connectivity index (χ0) is 10.8. The van der Waals surface area contributed by atoms with Crippen molar-refractivity contribution in [3.05, 3.63) is 35.4 Å². The molecule has 80 valence electrons. The van der Waals surface area contributed by atoms with Gasteiger partial charge in [-0.05, 0) is 25.6 Å². The van der Waals surface area contributed by atoms with Crippen molar-refractivity contribution in [3.63, 3.8) is 0 Å². The molecule has 0 radical (unpaired) electrons. The number of aryl methyl sites for hydroxylation is 2. The molecule has 2 rings (SSSR count). The van der Waals surface area contributed by atoms with Crippen molar-refractivity contribution in [2.75, 3.05) is 6.54 Å². The average Bonchev–Trinajstić information content (AvgIpc) is 2.59. The fraction of sp³-hybridized carbons (Fsp3) is 0.417. The molecule has 3 heteroatoms. The number of aromatic nitrogens is 2.